The van der Waals surface area contributed by atoms with E-state index in [0.717, 1.165) is 6.07 Å². The molecule has 0 radical (unpaired) electrons. The van der Waals surface area contributed by atoms with Gasteiger partial charge in [0, 0.05) is 41.5 Å². The van der Waals surface area contributed by atoms with Crippen molar-refractivity contribution >= 4 is 69.6 Å². The number of carbonyl (C=O) groups is 3. The van der Waals surface area contributed by atoms with Gasteiger partial charge in [-0.25, -0.2) is 8.78 Å². The first-order valence-corrected chi connectivity index (χ1v) is 14.4. The van der Waals surface area contributed by atoms with Gasteiger partial charge in [0.05, 0.1) is 18.7 Å². The quantitative estimate of drug-likeness (QED) is 0.0859. The predicted molar refractivity (Wildman–Crippen MR) is 169 cm³/mol. The number of rotatable bonds is 14. The average Bonchev–Trinajstić information content (AvgIpc) is 3.82. The summed E-state index contributed by atoms with van der Waals surface area (Å²) in [6.45, 7) is 2.47. The van der Waals surface area contributed by atoms with Gasteiger partial charge >= 0.3 is 35.5 Å². The Morgan fingerprint density at radius 2 is 1.52 bits per heavy atom. The first-order valence-electron chi connectivity index (χ1n) is 14.4. The Hall–Kier alpha value is -4.26. The SMILES string of the molecule is CCOc1cc2c(Oc3ccc(NC(=O)C4(C(=O)Nc5ccc(F)cc5)CC4)cc3F)ccnc2cc1OCCCCC(=O)O.[NaH]. The summed E-state index contributed by atoms with van der Waals surface area (Å²) in [4.78, 5) is 41.0. The zero-order valence-corrected chi connectivity index (χ0v) is 24.4. The third-order valence-corrected chi connectivity index (χ3v) is 7.24. The molecule has 0 saturated heterocycles. The first kappa shape index (κ1) is 34.6. The molecule has 2 amide bonds. The topological polar surface area (TPSA) is 136 Å². The molecule has 10 nitrogen and oxygen atoms in total. The Morgan fingerprint density at radius 1 is 0.848 bits per heavy atom. The summed E-state index contributed by atoms with van der Waals surface area (Å²) in [5.41, 5.74) is -0.278. The molecule has 0 unspecified atom stereocenters. The van der Waals surface area contributed by atoms with Crippen molar-refractivity contribution in [2.75, 3.05) is 23.8 Å². The van der Waals surface area contributed by atoms with Gasteiger partial charge in [0.1, 0.15) is 17.0 Å². The van der Waals surface area contributed by atoms with Crippen molar-refractivity contribution in [1.82, 2.24) is 4.98 Å². The third-order valence-electron chi connectivity index (χ3n) is 7.24. The number of unbranched alkanes of at least 4 members (excludes halogenated alkanes) is 1. The van der Waals surface area contributed by atoms with Crippen molar-refractivity contribution in [1.29, 1.82) is 0 Å². The number of anilines is 2. The van der Waals surface area contributed by atoms with Gasteiger partial charge in [-0.15, -0.1) is 0 Å². The van der Waals surface area contributed by atoms with E-state index in [9.17, 15) is 18.8 Å². The summed E-state index contributed by atoms with van der Waals surface area (Å²) in [5, 5.41) is 14.6. The molecular formula is C33H32F2N3NaO7. The monoisotopic (exact) mass is 643 g/mol. The fourth-order valence-electron chi connectivity index (χ4n) is 4.66. The second-order valence-electron chi connectivity index (χ2n) is 10.5. The Kier molecular flexibility index (Phi) is 11.5. The van der Waals surface area contributed by atoms with Gasteiger partial charge in [0.25, 0.3) is 0 Å². The summed E-state index contributed by atoms with van der Waals surface area (Å²) in [6.07, 6.45) is 3.24. The number of nitrogens with one attached hydrogen (secondary N) is 2. The van der Waals surface area contributed by atoms with Gasteiger partial charge in [-0.1, -0.05) is 0 Å². The molecule has 5 rings (SSSR count). The number of pyridine rings is 1. The van der Waals surface area contributed by atoms with Crippen LogP contribution in [0, 0.1) is 17.0 Å². The summed E-state index contributed by atoms with van der Waals surface area (Å²) in [6, 6.07) is 14.1. The molecule has 236 valence electrons. The molecule has 4 aromatic rings. The van der Waals surface area contributed by atoms with E-state index in [4.69, 9.17) is 19.3 Å². The van der Waals surface area contributed by atoms with Crippen molar-refractivity contribution in [3.05, 3.63) is 78.5 Å². The molecule has 0 spiro atoms. The number of amides is 2. The van der Waals surface area contributed by atoms with Crippen LogP contribution in [0.3, 0.4) is 0 Å². The molecule has 0 aliphatic heterocycles. The number of hydrogen-bond acceptors (Lipinski definition) is 7. The van der Waals surface area contributed by atoms with Crippen LogP contribution in [0.4, 0.5) is 20.2 Å². The molecule has 3 N–H and O–H groups in total. The number of carboxylic acid groups (broad SMARTS) is 1. The van der Waals surface area contributed by atoms with Crippen LogP contribution in [0.25, 0.3) is 10.9 Å². The van der Waals surface area contributed by atoms with Crippen LogP contribution in [0.1, 0.15) is 39.0 Å². The van der Waals surface area contributed by atoms with E-state index in [1.165, 1.54) is 42.6 Å². The van der Waals surface area contributed by atoms with Crippen molar-refractivity contribution in [3.63, 3.8) is 0 Å². The van der Waals surface area contributed by atoms with Crippen LogP contribution in [-0.4, -0.2) is 70.6 Å². The van der Waals surface area contributed by atoms with E-state index >= 15 is 4.39 Å². The molecule has 46 heavy (non-hydrogen) atoms. The summed E-state index contributed by atoms with van der Waals surface area (Å²) >= 11 is 0. The number of fused-ring (bicyclic) bond motifs is 1. The molecule has 1 aliphatic carbocycles. The van der Waals surface area contributed by atoms with Gasteiger partial charge in [-0.2, -0.15) is 0 Å². The number of aromatic nitrogens is 1. The second kappa shape index (κ2) is 15.4. The number of nitrogens with zero attached hydrogens (tertiary/aromatic N) is 1. The third kappa shape index (κ3) is 8.31. The molecule has 1 saturated carbocycles. The standard InChI is InChI=1S/C33H31F2N3O7.Na.H/c1-2-43-28-18-23-25(19-29(28)44-16-4-3-5-30(39)40)36-15-12-26(23)45-27-11-10-22(17-24(27)35)38-32(42)33(13-14-33)31(41)37-21-8-6-20(34)7-9-21;;/h6-12,15,17-19H,2-5,13-14,16H2,1H3,(H,37,41)(H,38,42)(H,39,40);;. The first-order chi connectivity index (χ1) is 21.7. The van der Waals surface area contributed by atoms with Crippen molar-refractivity contribution in [2.45, 2.75) is 39.0 Å². The minimum atomic E-state index is -1.30. The van der Waals surface area contributed by atoms with Crippen LogP contribution in [0.15, 0.2) is 66.9 Å². The zero-order valence-electron chi connectivity index (χ0n) is 24.4. The fraction of sp³-hybridized carbons (Fsp3) is 0.273. The van der Waals surface area contributed by atoms with E-state index in [1.807, 2.05) is 6.92 Å². The Labute approximate surface area is 285 Å². The van der Waals surface area contributed by atoms with Crippen LogP contribution >= 0.6 is 0 Å². The molecule has 1 aliphatic rings. The molecule has 1 aromatic heterocycles. The van der Waals surface area contributed by atoms with E-state index in [2.05, 4.69) is 15.6 Å². The zero-order chi connectivity index (χ0) is 32.0. The van der Waals surface area contributed by atoms with Gasteiger partial charge < -0.3 is 30.0 Å². The molecule has 3 aromatic carbocycles. The normalized spacial score (nSPS) is 12.8. The Morgan fingerprint density at radius 3 is 2.17 bits per heavy atom. The number of hydrogen-bond donors (Lipinski definition) is 3. The van der Waals surface area contributed by atoms with E-state index < -0.39 is 34.8 Å². The van der Waals surface area contributed by atoms with Crippen LogP contribution in [0.2, 0.25) is 0 Å². The van der Waals surface area contributed by atoms with Gasteiger partial charge in [0.2, 0.25) is 11.8 Å². The fourth-order valence-corrected chi connectivity index (χ4v) is 4.66. The number of carbonyl (C=O) groups excluding carboxylic acids is 2. The number of aliphatic carboxylic acids is 1. The van der Waals surface area contributed by atoms with Crippen molar-refractivity contribution in [2.24, 2.45) is 5.41 Å². The van der Waals surface area contributed by atoms with E-state index in [1.54, 1.807) is 18.2 Å². The Bertz CT molecular complexity index is 1730. The molecule has 0 bridgehead atoms. The molecular weight excluding hydrogens is 611 g/mol. The second-order valence-corrected chi connectivity index (χ2v) is 10.5. The molecule has 0 atom stereocenters. The number of carboxylic acids is 1. The summed E-state index contributed by atoms with van der Waals surface area (Å²) in [7, 11) is 0. The van der Waals surface area contributed by atoms with E-state index in [0.29, 0.717) is 72.7 Å². The van der Waals surface area contributed by atoms with Crippen molar-refractivity contribution < 1.29 is 42.5 Å². The predicted octanol–water partition coefficient (Wildman–Crippen LogP) is 6.05. The maximum absolute atomic E-state index is 15.2. The van der Waals surface area contributed by atoms with Gasteiger partial charge in [-0.3, -0.25) is 19.4 Å². The number of halogens is 2. The summed E-state index contributed by atoms with van der Waals surface area (Å²) in [5.74, 6) is -2.08. The van der Waals surface area contributed by atoms with Crippen LogP contribution in [0.5, 0.6) is 23.0 Å². The molecule has 1 fully saturated rings. The van der Waals surface area contributed by atoms with Gasteiger partial charge in [-0.05, 0) is 81.1 Å². The number of benzene rings is 3. The summed E-state index contributed by atoms with van der Waals surface area (Å²) < 4.78 is 45.9. The average molecular weight is 644 g/mol. The maximum atomic E-state index is 15.2. The van der Waals surface area contributed by atoms with Crippen LogP contribution < -0.4 is 24.8 Å². The number of ether oxygens (including phenoxy) is 3. The van der Waals surface area contributed by atoms with Gasteiger partial charge in [0.15, 0.2) is 23.1 Å². The van der Waals surface area contributed by atoms with Crippen LogP contribution in [-0.2, 0) is 14.4 Å². The molecule has 1 heterocycles. The minimum absolute atomic E-state index is 0. The van der Waals surface area contributed by atoms with E-state index in [-0.39, 0.29) is 47.4 Å². The van der Waals surface area contributed by atoms with Crippen molar-refractivity contribution in [3.8, 4) is 23.0 Å². The molecule has 13 heteroatoms. The Balaban J connectivity index is 0.00000480.